The Bertz CT molecular complexity index is 1100. The molecule has 2 heterocycles. The lowest BCUT2D eigenvalue weighted by Gasteiger charge is -2.10. The third kappa shape index (κ3) is 3.86. The summed E-state index contributed by atoms with van der Waals surface area (Å²) in [6.45, 7) is 4.11. The van der Waals surface area contributed by atoms with E-state index in [0.29, 0.717) is 22.9 Å². The van der Waals surface area contributed by atoms with Gasteiger partial charge in [0.25, 0.3) is 15.6 Å². The van der Waals surface area contributed by atoms with Crippen molar-refractivity contribution in [2.75, 3.05) is 4.72 Å². The lowest BCUT2D eigenvalue weighted by molar-refractivity contribution is 0.603. The van der Waals surface area contributed by atoms with E-state index in [1.807, 2.05) is 18.2 Å². The number of anilines is 1. The molecule has 0 saturated carbocycles. The molecular weight excluding hydrogens is 370 g/mol. The first-order valence-electron chi connectivity index (χ1n) is 8.02. The summed E-state index contributed by atoms with van der Waals surface area (Å²) < 4.78 is 29.4. The summed E-state index contributed by atoms with van der Waals surface area (Å²) in [5.41, 5.74) is 2.58. The highest BCUT2D eigenvalue weighted by Gasteiger charge is 2.18. The van der Waals surface area contributed by atoms with E-state index < -0.39 is 10.0 Å². The van der Waals surface area contributed by atoms with Crippen molar-refractivity contribution < 1.29 is 8.42 Å². The lowest BCUT2D eigenvalue weighted by atomic mass is 10.0. The minimum absolute atomic E-state index is 0.193. The van der Waals surface area contributed by atoms with E-state index in [4.69, 9.17) is 0 Å². The number of nitrogens with zero attached hydrogens (tertiary/aromatic N) is 2. The molecule has 0 saturated heterocycles. The summed E-state index contributed by atoms with van der Waals surface area (Å²) in [5.74, 6) is 0.309. The number of nitrogens with one attached hydrogen (secondary N) is 1. The highest BCUT2D eigenvalue weighted by atomic mass is 32.2. The molecule has 1 N–H and O–H groups in total. The molecule has 3 aromatic rings. The summed E-state index contributed by atoms with van der Waals surface area (Å²) in [4.78, 5) is 11.4. The van der Waals surface area contributed by atoms with Crippen LogP contribution in [0.15, 0.2) is 56.8 Å². The maximum Gasteiger partial charge on any atom is 0.271 e. The fraction of sp³-hybridized carbons (Fsp3) is 0.222. The van der Waals surface area contributed by atoms with Crippen LogP contribution in [0.25, 0.3) is 11.3 Å². The maximum atomic E-state index is 12.7. The van der Waals surface area contributed by atoms with Crippen LogP contribution in [0.5, 0.6) is 0 Å². The Hall–Kier alpha value is -2.45. The first-order chi connectivity index (χ1) is 12.3. The van der Waals surface area contributed by atoms with Gasteiger partial charge in [-0.15, -0.1) is 11.3 Å². The predicted molar refractivity (Wildman–Crippen MR) is 104 cm³/mol. The monoisotopic (exact) mass is 389 g/mol. The van der Waals surface area contributed by atoms with Crippen molar-refractivity contribution in [2.24, 2.45) is 7.05 Å². The molecule has 26 heavy (non-hydrogen) atoms. The third-order valence-electron chi connectivity index (χ3n) is 3.90. The van der Waals surface area contributed by atoms with Crippen molar-refractivity contribution in [1.82, 2.24) is 9.78 Å². The molecular formula is C18H19N3O3S2. The molecule has 0 fully saturated rings. The van der Waals surface area contributed by atoms with E-state index in [1.165, 1.54) is 10.7 Å². The molecule has 0 amide bonds. The number of aryl methyl sites for hydroxylation is 1. The Labute approximate surface area is 156 Å². The van der Waals surface area contributed by atoms with Crippen LogP contribution < -0.4 is 10.3 Å². The van der Waals surface area contributed by atoms with Gasteiger partial charge in [0.1, 0.15) is 4.21 Å². The maximum absolute atomic E-state index is 12.7. The summed E-state index contributed by atoms with van der Waals surface area (Å²) in [6.07, 6.45) is 0. The van der Waals surface area contributed by atoms with Gasteiger partial charge in [0.2, 0.25) is 0 Å². The SMILES string of the molecule is CC(C)c1cccc(NS(=O)(=O)c2cc(-c3ccc(=O)n(C)n3)cs2)c1. The van der Waals surface area contributed by atoms with Crippen LogP contribution in [0.3, 0.4) is 0 Å². The highest BCUT2D eigenvalue weighted by Crippen LogP contribution is 2.29. The fourth-order valence-corrected chi connectivity index (χ4v) is 4.64. The lowest BCUT2D eigenvalue weighted by Crippen LogP contribution is -2.18. The van der Waals surface area contributed by atoms with Gasteiger partial charge < -0.3 is 0 Å². The van der Waals surface area contributed by atoms with Crippen molar-refractivity contribution in [3.8, 4) is 11.3 Å². The second kappa shape index (κ2) is 7.05. The smallest absolute Gasteiger partial charge is 0.271 e. The molecule has 0 unspecified atom stereocenters. The molecule has 0 radical (unpaired) electrons. The van der Waals surface area contributed by atoms with Crippen LogP contribution in [0, 0.1) is 0 Å². The second-order valence-electron chi connectivity index (χ2n) is 6.22. The number of hydrogen-bond donors (Lipinski definition) is 1. The van der Waals surface area contributed by atoms with E-state index in [-0.39, 0.29) is 9.77 Å². The van der Waals surface area contributed by atoms with E-state index in [0.717, 1.165) is 16.9 Å². The number of rotatable bonds is 5. The van der Waals surface area contributed by atoms with Gasteiger partial charge >= 0.3 is 0 Å². The average Bonchev–Trinajstić information content (AvgIpc) is 3.08. The van der Waals surface area contributed by atoms with Crippen molar-refractivity contribution >= 4 is 27.0 Å². The minimum Gasteiger partial charge on any atom is -0.279 e. The molecule has 6 nitrogen and oxygen atoms in total. The molecule has 136 valence electrons. The zero-order valence-corrected chi connectivity index (χ0v) is 16.3. The first-order valence-corrected chi connectivity index (χ1v) is 10.4. The normalized spacial score (nSPS) is 11.7. The van der Waals surface area contributed by atoms with E-state index in [1.54, 1.807) is 30.6 Å². The molecule has 1 aromatic carbocycles. The first kappa shape index (κ1) is 18.3. The number of aromatic nitrogens is 2. The van der Waals surface area contributed by atoms with Crippen LogP contribution in [-0.4, -0.2) is 18.2 Å². The highest BCUT2D eigenvalue weighted by molar-refractivity contribution is 7.94. The summed E-state index contributed by atoms with van der Waals surface area (Å²) in [6, 6.07) is 11.9. The van der Waals surface area contributed by atoms with Crippen LogP contribution in [-0.2, 0) is 17.1 Å². The largest absolute Gasteiger partial charge is 0.279 e. The fourth-order valence-electron chi connectivity index (χ4n) is 2.41. The number of sulfonamides is 1. The number of thiophene rings is 1. The quantitative estimate of drug-likeness (QED) is 0.725. The van der Waals surface area contributed by atoms with Gasteiger partial charge in [0, 0.05) is 29.7 Å². The van der Waals surface area contributed by atoms with Gasteiger partial charge in [0.15, 0.2) is 0 Å². The van der Waals surface area contributed by atoms with Gasteiger partial charge in [-0.05, 0) is 35.7 Å². The van der Waals surface area contributed by atoms with Crippen LogP contribution in [0.2, 0.25) is 0 Å². The van der Waals surface area contributed by atoms with Gasteiger partial charge in [-0.25, -0.2) is 13.1 Å². The molecule has 0 aliphatic rings. The zero-order valence-electron chi connectivity index (χ0n) is 14.6. The Morgan fingerprint density at radius 2 is 1.92 bits per heavy atom. The molecule has 3 rings (SSSR count). The van der Waals surface area contributed by atoms with Gasteiger partial charge in [-0.2, -0.15) is 5.10 Å². The number of hydrogen-bond acceptors (Lipinski definition) is 5. The van der Waals surface area contributed by atoms with Crippen LogP contribution in [0.1, 0.15) is 25.3 Å². The Kier molecular flexibility index (Phi) is 4.97. The third-order valence-corrected chi connectivity index (χ3v) is 6.72. The molecule has 0 bridgehead atoms. The molecule has 0 aliphatic heterocycles. The molecule has 8 heteroatoms. The second-order valence-corrected chi connectivity index (χ2v) is 9.04. The average molecular weight is 390 g/mol. The summed E-state index contributed by atoms with van der Waals surface area (Å²) in [7, 11) is -2.13. The van der Waals surface area contributed by atoms with Gasteiger partial charge in [-0.3, -0.25) is 9.52 Å². The van der Waals surface area contributed by atoms with Crippen molar-refractivity contribution in [1.29, 1.82) is 0 Å². The zero-order chi connectivity index (χ0) is 18.9. The van der Waals surface area contributed by atoms with Crippen molar-refractivity contribution in [2.45, 2.75) is 24.0 Å². The standard InChI is InChI=1S/C18H19N3O3S2/c1-12(2)13-5-4-6-15(9-13)20-26(23,24)18-10-14(11-25-18)16-7-8-17(22)21(3)19-16/h4-12,20H,1-3H3. The van der Waals surface area contributed by atoms with E-state index in [2.05, 4.69) is 23.7 Å². The van der Waals surface area contributed by atoms with Gasteiger partial charge in [0.05, 0.1) is 5.69 Å². The van der Waals surface area contributed by atoms with Crippen LogP contribution in [0.4, 0.5) is 5.69 Å². The molecule has 0 aliphatic carbocycles. The van der Waals surface area contributed by atoms with Crippen molar-refractivity contribution in [3.05, 3.63) is 63.8 Å². The minimum atomic E-state index is -3.69. The number of benzene rings is 1. The van der Waals surface area contributed by atoms with Crippen LogP contribution >= 0.6 is 11.3 Å². The van der Waals surface area contributed by atoms with E-state index in [9.17, 15) is 13.2 Å². The molecule has 0 atom stereocenters. The summed E-state index contributed by atoms with van der Waals surface area (Å²) >= 11 is 1.11. The molecule has 2 aromatic heterocycles. The van der Waals surface area contributed by atoms with Crippen molar-refractivity contribution in [3.63, 3.8) is 0 Å². The Balaban J connectivity index is 1.89. The van der Waals surface area contributed by atoms with Gasteiger partial charge in [-0.1, -0.05) is 26.0 Å². The Morgan fingerprint density at radius 3 is 2.62 bits per heavy atom. The Morgan fingerprint density at radius 1 is 1.15 bits per heavy atom. The topological polar surface area (TPSA) is 81.1 Å². The predicted octanol–water partition coefficient (Wildman–Crippen LogP) is 3.43. The molecule has 0 spiro atoms. The summed E-state index contributed by atoms with van der Waals surface area (Å²) in [5, 5.41) is 5.86. The van der Waals surface area contributed by atoms with E-state index >= 15 is 0 Å².